The summed E-state index contributed by atoms with van der Waals surface area (Å²) in [5.41, 5.74) is -0.753. The van der Waals surface area contributed by atoms with Crippen LogP contribution in [-0.4, -0.2) is 253 Å². The van der Waals surface area contributed by atoms with E-state index in [2.05, 4.69) is 0 Å². The van der Waals surface area contributed by atoms with E-state index >= 15 is 0 Å². The number of aliphatic hydroxyl groups excluding tert-OH is 14. The molecule has 0 amide bonds. The van der Waals surface area contributed by atoms with Gasteiger partial charge in [-0.1, -0.05) is 24.3 Å². The molecule has 88 heavy (non-hydrogen) atoms. The van der Waals surface area contributed by atoms with Crippen molar-refractivity contribution >= 4 is 24.1 Å². The van der Waals surface area contributed by atoms with Crippen LogP contribution in [0.4, 0.5) is 0 Å². The van der Waals surface area contributed by atoms with Crippen molar-refractivity contribution in [3.05, 3.63) is 112 Å². The summed E-state index contributed by atoms with van der Waals surface area (Å²) in [6.07, 6.45) is -34.0. The largest absolute Gasteiger partial charge is 0.510 e. The highest BCUT2D eigenvalue weighted by atomic mass is 16.7. The fourth-order valence-corrected chi connectivity index (χ4v) is 9.48. The highest BCUT2D eigenvalue weighted by Crippen LogP contribution is 2.47. The van der Waals surface area contributed by atoms with Gasteiger partial charge in [-0.15, -0.1) is 0 Å². The smallest absolute Gasteiger partial charge is 0.508 e. The molecule has 3 aromatic rings. The van der Waals surface area contributed by atoms with Crippen LogP contribution < -0.4 is 24.4 Å². The summed E-state index contributed by atoms with van der Waals surface area (Å²) in [5, 5.41) is 182. The topological polar surface area (TPSA) is 505 Å². The van der Waals surface area contributed by atoms with Crippen LogP contribution in [0.2, 0.25) is 0 Å². The van der Waals surface area contributed by atoms with Crippen LogP contribution in [0, 0.1) is 0 Å². The molecule has 6 aliphatic rings. The van der Waals surface area contributed by atoms with Crippen LogP contribution in [0.15, 0.2) is 100 Å². The maximum absolute atomic E-state index is 14.0. The molecule has 476 valence electrons. The van der Waals surface area contributed by atoms with Gasteiger partial charge in [0.15, 0.2) is 34.5 Å². The molecule has 4 saturated heterocycles. The van der Waals surface area contributed by atoms with Crippen molar-refractivity contribution in [1.82, 2.24) is 0 Å². The number of carbonyl (C=O) groups excluding carboxylic acids is 2. The number of esters is 2. The van der Waals surface area contributed by atoms with Crippen molar-refractivity contribution in [1.29, 1.82) is 0 Å². The Morgan fingerprint density at radius 2 is 0.886 bits per heavy atom. The zero-order valence-corrected chi connectivity index (χ0v) is 45.5. The molecule has 20 atom stereocenters. The summed E-state index contributed by atoms with van der Waals surface area (Å²) in [6, 6.07) is 16.2. The Bertz CT molecular complexity index is 3150. The van der Waals surface area contributed by atoms with E-state index in [1.54, 1.807) is 0 Å². The van der Waals surface area contributed by atoms with E-state index in [0.29, 0.717) is 11.1 Å². The maximum atomic E-state index is 14.0. The summed E-state index contributed by atoms with van der Waals surface area (Å²) in [4.78, 5) is 37.3. The number of aliphatic hydroxyl groups is 14. The summed E-state index contributed by atoms with van der Waals surface area (Å²) in [7, 11) is 0. The Balaban J connectivity index is 1.10. The van der Waals surface area contributed by atoms with Crippen LogP contribution >= 0.6 is 0 Å². The average Bonchev–Trinajstić information content (AvgIpc) is 1.49. The maximum Gasteiger partial charge on any atom is 0.510 e. The van der Waals surface area contributed by atoms with Gasteiger partial charge in [-0.05, 0) is 65.7 Å². The number of ether oxygens (including phenoxy) is 10. The normalized spacial score (nSPS) is 32.6. The standard InChI is InChI=1S/C57H62O31/c58-18-34-41(66)45(70)49(74)54(85-34)80-27-15-29(62)28-17-33(84-57-50(75)46(71)42(67)35(19-59)86-57)53(81-30(28)16-27)24-13-31(82-55-51(76)47(72)43(68)36(87-55)20-78-38(63)11-5-22-1-7-25(60)8-2-22)40(65)32(14-24)83-56-52(77)48(73)44(69)37(88-56)21-79-39(64)12-6-23-3-9-26(61)10-4-23/h1-17,34-37,41-52,54-61,65-77H,18-21H2/p+1/t34-,35-,36-,37-,41-,42-,43-,44-,45+,46+,47+,48+,49-,50-,51-,52-,54-,55-,56-,57-/m1/s1. The van der Waals surface area contributed by atoms with Crippen molar-refractivity contribution in [3.8, 4) is 62.9 Å². The molecule has 0 bridgehead atoms. The molecule has 1 aliphatic carbocycles. The van der Waals surface area contributed by atoms with E-state index in [0.717, 1.165) is 42.5 Å². The minimum Gasteiger partial charge on any atom is -0.508 e. The number of benzene rings is 4. The van der Waals surface area contributed by atoms with Gasteiger partial charge in [0, 0.05) is 23.8 Å². The van der Waals surface area contributed by atoms with Gasteiger partial charge in [-0.3, -0.25) is 4.79 Å². The van der Waals surface area contributed by atoms with Gasteiger partial charge in [0.05, 0.1) is 24.9 Å². The molecule has 31 heteroatoms. The van der Waals surface area contributed by atoms with Gasteiger partial charge in [0.1, 0.15) is 121 Å². The van der Waals surface area contributed by atoms with E-state index in [-0.39, 0.29) is 17.1 Å². The van der Waals surface area contributed by atoms with Gasteiger partial charge < -0.3 is 143 Å². The van der Waals surface area contributed by atoms with Crippen LogP contribution in [0.25, 0.3) is 34.8 Å². The zero-order valence-electron chi connectivity index (χ0n) is 45.5. The Kier molecular flexibility index (Phi) is 20.5. The van der Waals surface area contributed by atoms with Crippen LogP contribution in [0.3, 0.4) is 0 Å². The van der Waals surface area contributed by atoms with E-state index in [4.69, 9.17) is 51.8 Å². The first-order valence-electron chi connectivity index (χ1n) is 26.9. The Hall–Kier alpha value is -7.61. The molecular formula is C57H63O31+. The molecule has 3 aromatic carbocycles. The fourth-order valence-electron chi connectivity index (χ4n) is 9.48. The first-order chi connectivity index (χ1) is 41.9. The second-order valence-corrected chi connectivity index (χ2v) is 20.6. The zero-order chi connectivity index (χ0) is 63.4. The molecule has 18 N–H and O–H groups in total. The van der Waals surface area contributed by atoms with E-state index in [1.807, 2.05) is 0 Å². The van der Waals surface area contributed by atoms with Crippen LogP contribution in [0.1, 0.15) is 11.1 Å². The highest BCUT2D eigenvalue weighted by molar-refractivity contribution is 5.88. The molecule has 5 heterocycles. The van der Waals surface area contributed by atoms with Crippen molar-refractivity contribution in [2.45, 2.75) is 123 Å². The number of hydrogen-bond donors (Lipinski definition) is 17. The van der Waals surface area contributed by atoms with E-state index in [9.17, 15) is 101 Å². The van der Waals surface area contributed by atoms with Gasteiger partial charge in [0.25, 0.3) is 0 Å². The fraction of sp³-hybridized carbons (Fsp3) is 0.421. The summed E-state index contributed by atoms with van der Waals surface area (Å²) in [6.45, 7) is -3.34. The Morgan fingerprint density at radius 1 is 0.477 bits per heavy atom. The third-order valence-corrected chi connectivity index (χ3v) is 14.5. The third-order valence-electron chi connectivity index (χ3n) is 14.5. The number of phenolic OH excluding ortho intramolecular Hbond substituents is 3. The second-order valence-electron chi connectivity index (χ2n) is 20.6. The monoisotopic (exact) mass is 1240 g/mol. The number of phenols is 3. The molecule has 0 spiro atoms. The van der Waals surface area contributed by atoms with Crippen LogP contribution in [-0.2, 0) is 33.2 Å². The number of aromatic hydroxyl groups is 3. The van der Waals surface area contributed by atoms with E-state index < -0.39 is 212 Å². The lowest BCUT2D eigenvalue weighted by atomic mass is 9.99. The van der Waals surface area contributed by atoms with Gasteiger partial charge in [0.2, 0.25) is 37.5 Å². The van der Waals surface area contributed by atoms with Gasteiger partial charge in [-0.2, -0.15) is 0 Å². The molecule has 4 fully saturated rings. The Morgan fingerprint density at radius 3 is 1.35 bits per heavy atom. The average molecular weight is 1240 g/mol. The summed E-state index contributed by atoms with van der Waals surface area (Å²) < 4.78 is 63.3. The van der Waals surface area contributed by atoms with Crippen molar-refractivity contribution in [2.75, 3.05) is 26.4 Å². The van der Waals surface area contributed by atoms with Crippen molar-refractivity contribution in [3.63, 3.8) is 0 Å². The van der Waals surface area contributed by atoms with Crippen molar-refractivity contribution < 1.29 is 148 Å². The molecule has 0 unspecified atom stereocenters. The van der Waals surface area contributed by atoms with Gasteiger partial charge >= 0.3 is 11.9 Å². The lowest BCUT2D eigenvalue weighted by Gasteiger charge is -2.40. The quantitative estimate of drug-likeness (QED) is 0.0211. The highest BCUT2D eigenvalue weighted by Gasteiger charge is 2.50. The van der Waals surface area contributed by atoms with E-state index in [1.165, 1.54) is 60.7 Å². The lowest BCUT2D eigenvalue weighted by molar-refractivity contribution is -0.279. The Labute approximate surface area is 495 Å². The molecule has 0 saturated carbocycles. The molecule has 31 nitrogen and oxygen atoms in total. The first-order valence-corrected chi connectivity index (χ1v) is 26.9. The number of hydrogen-bond acceptors (Lipinski definition) is 30. The third kappa shape index (κ3) is 14.4. The molecule has 5 aliphatic heterocycles. The minimum atomic E-state index is -2.21. The first kappa shape index (κ1) is 64.9. The molecule has 0 radical (unpaired) electrons. The lowest BCUT2D eigenvalue weighted by Crippen LogP contribution is -2.60. The predicted molar refractivity (Wildman–Crippen MR) is 290 cm³/mol. The SMILES string of the molecule is O=C(C=Cc1ccc(O)cc1)OC[C@H]1O[C@@H](Oc2cc(-c3oc4cc(O[C@@H]5O[C@H](CO)[C@@H](O)[C@H](O)[C@H]5O)cc(=O)c-4cc3O[C@@H]3O[C@H](CO)[C@@H](O)[C@H](O)[C@H]3O)cc(O[C@@H]3O[C@H](COC(=[OH+])C=Cc4ccc(O)cc4)[C@@H](O)[C@H](O)[C@H]3O)c2O)[C@H](O)[C@@H](O)[C@@H]1O. The van der Waals surface area contributed by atoms with Gasteiger partial charge in [-0.25, -0.2) is 4.79 Å². The van der Waals surface area contributed by atoms with Crippen LogP contribution in [0.5, 0.6) is 40.2 Å². The summed E-state index contributed by atoms with van der Waals surface area (Å²) in [5.74, 6) is -6.66. The molecule has 9 rings (SSSR count). The predicted octanol–water partition coefficient (Wildman–Crippen LogP) is -4.25. The van der Waals surface area contributed by atoms with Crippen molar-refractivity contribution in [2.24, 2.45) is 0 Å². The molecule has 0 aromatic heterocycles. The number of fused-ring (bicyclic) bond motifs is 1. The minimum absolute atomic E-state index is 0.0279. The second kappa shape index (κ2) is 27.8. The summed E-state index contributed by atoms with van der Waals surface area (Å²) >= 11 is 0. The molecular weight excluding hydrogens is 1180 g/mol. The number of carbonyl (C=O) groups is 1. The number of rotatable bonds is 19.